The van der Waals surface area contributed by atoms with Crippen molar-refractivity contribution in [2.75, 3.05) is 21.3 Å². The van der Waals surface area contributed by atoms with Gasteiger partial charge in [0.2, 0.25) is 0 Å². The Kier molecular flexibility index (Phi) is 10.1. The zero-order valence-electron chi connectivity index (χ0n) is 17.0. The van der Waals surface area contributed by atoms with E-state index in [9.17, 15) is 14.4 Å². The first-order valence-corrected chi connectivity index (χ1v) is 11.2. The number of hydrogen-bond acceptors (Lipinski definition) is 6. The molecular weight excluding hydrogens is 382 g/mol. The molecule has 0 saturated heterocycles. The van der Waals surface area contributed by atoms with Crippen LogP contribution in [-0.2, 0) is 32.9 Å². The van der Waals surface area contributed by atoms with Crippen molar-refractivity contribution < 1.29 is 13.3 Å². The molecule has 1 heterocycles. The van der Waals surface area contributed by atoms with E-state index in [2.05, 4.69) is 13.2 Å². The summed E-state index contributed by atoms with van der Waals surface area (Å²) in [6.45, 7) is 7.46. The predicted molar refractivity (Wildman–Crippen MR) is 110 cm³/mol. The molecule has 1 aromatic rings. The second kappa shape index (κ2) is 11.7. The largest absolute Gasteiger partial charge is 0.500 e. The third-order valence-corrected chi connectivity index (χ3v) is 7.39. The van der Waals surface area contributed by atoms with Gasteiger partial charge in [-0.25, -0.2) is 28.1 Å². The number of allylic oxidation sites excluding steroid dienone is 2. The van der Waals surface area contributed by atoms with E-state index in [-0.39, 0.29) is 19.6 Å². The van der Waals surface area contributed by atoms with Gasteiger partial charge in [-0.05, 0) is 12.8 Å². The van der Waals surface area contributed by atoms with Crippen LogP contribution in [0.1, 0.15) is 25.7 Å². The molecule has 9 nitrogen and oxygen atoms in total. The molecule has 0 bridgehead atoms. The molecule has 0 fully saturated rings. The molecule has 10 heteroatoms. The topological polar surface area (TPSA) is 93.7 Å². The fourth-order valence-electron chi connectivity index (χ4n) is 2.97. The summed E-state index contributed by atoms with van der Waals surface area (Å²) < 4.78 is 19.3. The molecular formula is C18H31N3O6Si. The molecule has 0 aliphatic heterocycles. The van der Waals surface area contributed by atoms with E-state index in [1.165, 1.54) is 12.2 Å². The molecule has 0 aliphatic rings. The minimum absolute atomic E-state index is 0.0485. The van der Waals surface area contributed by atoms with Crippen LogP contribution in [0.3, 0.4) is 0 Å². The molecule has 0 radical (unpaired) electrons. The van der Waals surface area contributed by atoms with Crippen molar-refractivity contribution in [1.29, 1.82) is 0 Å². The van der Waals surface area contributed by atoms with Crippen LogP contribution >= 0.6 is 0 Å². The zero-order valence-corrected chi connectivity index (χ0v) is 18.0. The van der Waals surface area contributed by atoms with Gasteiger partial charge in [0.1, 0.15) is 0 Å². The minimum Gasteiger partial charge on any atom is -0.377 e. The Morgan fingerprint density at radius 3 is 1.61 bits per heavy atom. The lowest BCUT2D eigenvalue weighted by molar-refractivity contribution is 0.122. The second-order valence-electron chi connectivity index (χ2n) is 6.26. The lowest BCUT2D eigenvalue weighted by Crippen LogP contribution is -2.54. The van der Waals surface area contributed by atoms with Gasteiger partial charge in [-0.2, -0.15) is 0 Å². The quantitative estimate of drug-likeness (QED) is 0.256. The molecule has 0 amide bonds. The van der Waals surface area contributed by atoms with Crippen LogP contribution in [0.25, 0.3) is 0 Å². The van der Waals surface area contributed by atoms with Crippen molar-refractivity contribution >= 4 is 8.80 Å². The molecule has 0 aromatic carbocycles. The molecule has 1 rings (SSSR count). The van der Waals surface area contributed by atoms with Gasteiger partial charge >= 0.3 is 25.9 Å². The van der Waals surface area contributed by atoms with Crippen molar-refractivity contribution in [2.24, 2.45) is 0 Å². The fourth-order valence-corrected chi connectivity index (χ4v) is 4.76. The summed E-state index contributed by atoms with van der Waals surface area (Å²) in [6, 6.07) is 0.701. The SMILES string of the molecule is C=CCn1c(=O)n(CC=C)c(=O)n(CCCCCC[Si](OC)(OC)OC)c1=O. The summed E-state index contributed by atoms with van der Waals surface area (Å²) in [4.78, 5) is 37.4. The molecule has 0 N–H and O–H groups in total. The lowest BCUT2D eigenvalue weighted by atomic mass is 10.2. The van der Waals surface area contributed by atoms with Crippen LogP contribution in [0.4, 0.5) is 0 Å². The molecule has 1 aromatic heterocycles. The Bertz CT molecular complexity index is 766. The van der Waals surface area contributed by atoms with E-state index in [0.29, 0.717) is 12.5 Å². The van der Waals surface area contributed by atoms with E-state index in [4.69, 9.17) is 13.3 Å². The van der Waals surface area contributed by atoms with Crippen molar-refractivity contribution in [3.8, 4) is 0 Å². The van der Waals surface area contributed by atoms with E-state index in [0.717, 1.165) is 33.0 Å². The van der Waals surface area contributed by atoms with Gasteiger partial charge in [-0.1, -0.05) is 25.0 Å². The Labute approximate surface area is 165 Å². The molecule has 0 aliphatic carbocycles. The maximum absolute atomic E-state index is 12.5. The molecule has 28 heavy (non-hydrogen) atoms. The van der Waals surface area contributed by atoms with Crippen LogP contribution < -0.4 is 17.1 Å². The van der Waals surface area contributed by atoms with Gasteiger partial charge in [0.15, 0.2) is 0 Å². The molecule has 0 saturated carbocycles. The Hall–Kier alpha value is -2.01. The highest BCUT2D eigenvalue weighted by Crippen LogP contribution is 2.17. The minimum atomic E-state index is -2.56. The highest BCUT2D eigenvalue weighted by atomic mass is 28.4. The number of unbranched alkanes of at least 4 members (excludes halogenated alkanes) is 3. The maximum atomic E-state index is 12.5. The second-order valence-corrected chi connectivity index (χ2v) is 9.35. The van der Waals surface area contributed by atoms with Crippen LogP contribution in [0, 0.1) is 0 Å². The molecule has 0 atom stereocenters. The van der Waals surface area contributed by atoms with Gasteiger partial charge in [-0.15, -0.1) is 13.2 Å². The monoisotopic (exact) mass is 413 g/mol. The first kappa shape index (κ1) is 24.0. The van der Waals surface area contributed by atoms with E-state index >= 15 is 0 Å². The summed E-state index contributed by atoms with van der Waals surface area (Å²) in [5.74, 6) is 0. The normalized spacial score (nSPS) is 11.5. The van der Waals surface area contributed by atoms with Crippen molar-refractivity contribution in [1.82, 2.24) is 13.7 Å². The average molecular weight is 414 g/mol. The van der Waals surface area contributed by atoms with Crippen LogP contribution in [0.2, 0.25) is 6.04 Å². The number of hydrogen-bond donors (Lipinski definition) is 0. The Morgan fingerprint density at radius 2 is 1.18 bits per heavy atom. The molecule has 0 spiro atoms. The summed E-state index contributed by atoms with van der Waals surface area (Å²) in [5.41, 5.74) is -1.87. The van der Waals surface area contributed by atoms with Gasteiger partial charge in [0.05, 0.1) is 13.1 Å². The molecule has 0 unspecified atom stereocenters. The van der Waals surface area contributed by atoms with Crippen molar-refractivity contribution in [3.63, 3.8) is 0 Å². The van der Waals surface area contributed by atoms with Gasteiger partial charge in [0.25, 0.3) is 0 Å². The highest BCUT2D eigenvalue weighted by Gasteiger charge is 2.36. The van der Waals surface area contributed by atoms with Crippen LogP contribution in [-0.4, -0.2) is 43.8 Å². The standard InChI is InChI=1S/C18H31N3O6Si/c1-6-12-19-16(22)20(13-7-2)18(24)21(17(19)23)14-10-8-9-11-15-28(25-3,26-4)27-5/h6-7H,1-2,8-15H2,3-5H3. The highest BCUT2D eigenvalue weighted by molar-refractivity contribution is 6.60. The van der Waals surface area contributed by atoms with Crippen LogP contribution in [0.5, 0.6) is 0 Å². The van der Waals surface area contributed by atoms with Gasteiger partial charge in [0, 0.05) is 33.9 Å². The first-order chi connectivity index (χ1) is 13.4. The summed E-state index contributed by atoms with van der Waals surface area (Å²) in [7, 11) is 2.18. The van der Waals surface area contributed by atoms with Gasteiger partial charge in [-0.3, -0.25) is 0 Å². The summed E-state index contributed by atoms with van der Waals surface area (Å²) in [6.07, 6.45) is 6.09. The van der Waals surface area contributed by atoms with E-state index in [1.807, 2.05) is 0 Å². The van der Waals surface area contributed by atoms with E-state index < -0.39 is 25.9 Å². The fraction of sp³-hybridized carbons (Fsp3) is 0.611. The average Bonchev–Trinajstić information content (AvgIpc) is 2.70. The van der Waals surface area contributed by atoms with Crippen molar-refractivity contribution in [3.05, 3.63) is 56.8 Å². The lowest BCUT2D eigenvalue weighted by Gasteiger charge is -2.24. The summed E-state index contributed by atoms with van der Waals surface area (Å²) in [5, 5.41) is 0. The number of nitrogens with zero attached hydrogens (tertiary/aromatic N) is 3. The third kappa shape index (κ3) is 5.74. The van der Waals surface area contributed by atoms with E-state index in [1.54, 1.807) is 21.3 Å². The molecule has 158 valence electrons. The summed E-state index contributed by atoms with van der Waals surface area (Å²) >= 11 is 0. The smallest absolute Gasteiger partial charge is 0.377 e. The first-order valence-electron chi connectivity index (χ1n) is 9.23. The predicted octanol–water partition coefficient (Wildman–Crippen LogP) is 0.982. The number of aromatic nitrogens is 3. The Morgan fingerprint density at radius 1 is 0.750 bits per heavy atom. The zero-order chi connectivity index (χ0) is 21.2. The third-order valence-electron chi connectivity index (χ3n) is 4.56. The van der Waals surface area contributed by atoms with Crippen LogP contribution in [0.15, 0.2) is 39.7 Å². The number of rotatable bonds is 14. The Balaban J connectivity index is 2.81. The van der Waals surface area contributed by atoms with Gasteiger partial charge < -0.3 is 13.3 Å². The van der Waals surface area contributed by atoms with Crippen molar-refractivity contribution in [2.45, 2.75) is 51.4 Å². The maximum Gasteiger partial charge on any atom is 0.500 e.